The van der Waals surface area contributed by atoms with Crippen LogP contribution < -0.4 is 5.32 Å². The van der Waals surface area contributed by atoms with Crippen LogP contribution in [0, 0.1) is 0 Å². The number of rotatable bonds is 5. The lowest BCUT2D eigenvalue weighted by atomic mass is 9.90. The van der Waals surface area contributed by atoms with Gasteiger partial charge in [-0.3, -0.25) is 4.79 Å². The molecule has 0 aromatic carbocycles. The van der Waals surface area contributed by atoms with E-state index in [0.717, 1.165) is 35.1 Å². The Morgan fingerprint density at radius 2 is 2.20 bits per heavy atom. The van der Waals surface area contributed by atoms with Crippen LogP contribution in [0.1, 0.15) is 24.6 Å². The smallest absolute Gasteiger partial charge is 0.255 e. The molecule has 0 spiro atoms. The van der Waals surface area contributed by atoms with Gasteiger partial charge in [-0.1, -0.05) is 11.6 Å². The predicted molar refractivity (Wildman–Crippen MR) is 82.3 cm³/mol. The molecule has 0 atom stereocenters. The van der Waals surface area contributed by atoms with E-state index in [2.05, 4.69) is 5.32 Å². The predicted octanol–water partition coefficient (Wildman–Crippen LogP) is 2.52. The van der Waals surface area contributed by atoms with Crippen molar-refractivity contribution in [3.8, 4) is 0 Å². The molecule has 20 heavy (non-hydrogen) atoms. The molecule has 4 nitrogen and oxygen atoms in total. The lowest BCUT2D eigenvalue weighted by Gasteiger charge is -2.38. The molecule has 0 unspecified atom stereocenters. The fourth-order valence-electron chi connectivity index (χ4n) is 2.58. The molecule has 2 rings (SSSR count). The standard InChI is InChI=1S/C14H21ClN2O2S/c1-3-17(10-11-4-5-12(15)20-11)13(18)14(19-2)6-8-16-9-7-14/h4-5,16H,3,6-10H2,1-2H3. The first-order valence-electron chi connectivity index (χ1n) is 6.91. The van der Waals surface area contributed by atoms with Crippen LogP contribution in [-0.2, 0) is 16.1 Å². The van der Waals surface area contributed by atoms with Gasteiger partial charge in [0.05, 0.1) is 10.9 Å². The van der Waals surface area contributed by atoms with Crippen molar-refractivity contribution in [2.45, 2.75) is 31.9 Å². The first kappa shape index (κ1) is 15.8. The van der Waals surface area contributed by atoms with E-state index in [9.17, 15) is 4.79 Å². The van der Waals surface area contributed by atoms with Crippen LogP contribution in [0.15, 0.2) is 12.1 Å². The van der Waals surface area contributed by atoms with Gasteiger partial charge in [0.15, 0.2) is 0 Å². The van der Waals surface area contributed by atoms with Gasteiger partial charge in [0, 0.05) is 18.5 Å². The Kier molecular flexibility index (Phi) is 5.43. The highest BCUT2D eigenvalue weighted by molar-refractivity contribution is 7.16. The fraction of sp³-hybridized carbons (Fsp3) is 0.643. The maximum atomic E-state index is 12.8. The zero-order valence-electron chi connectivity index (χ0n) is 11.9. The molecule has 1 aromatic rings. The van der Waals surface area contributed by atoms with Gasteiger partial charge >= 0.3 is 0 Å². The van der Waals surface area contributed by atoms with Crippen molar-refractivity contribution >= 4 is 28.8 Å². The zero-order chi connectivity index (χ0) is 14.6. The Hall–Kier alpha value is -0.620. The summed E-state index contributed by atoms with van der Waals surface area (Å²) in [6.07, 6.45) is 1.45. The van der Waals surface area contributed by atoms with Crippen LogP contribution in [0.2, 0.25) is 4.34 Å². The molecule has 1 aromatic heterocycles. The average Bonchev–Trinajstić information content (AvgIpc) is 2.90. The molecule has 2 heterocycles. The van der Waals surface area contributed by atoms with E-state index in [1.165, 1.54) is 11.3 Å². The number of methoxy groups -OCH3 is 1. The summed E-state index contributed by atoms with van der Waals surface area (Å²) in [4.78, 5) is 15.8. The molecule has 1 fully saturated rings. The topological polar surface area (TPSA) is 41.6 Å². The van der Waals surface area contributed by atoms with Crippen LogP contribution in [-0.4, -0.2) is 43.2 Å². The number of halogens is 1. The summed E-state index contributed by atoms with van der Waals surface area (Å²) in [6, 6.07) is 3.85. The highest BCUT2D eigenvalue weighted by Crippen LogP contribution is 2.28. The summed E-state index contributed by atoms with van der Waals surface area (Å²) in [7, 11) is 1.64. The van der Waals surface area contributed by atoms with E-state index in [4.69, 9.17) is 16.3 Å². The lowest BCUT2D eigenvalue weighted by Crippen LogP contribution is -2.55. The number of likely N-dealkylation sites (N-methyl/N-ethyl adjacent to an activating group) is 1. The molecule has 1 aliphatic rings. The van der Waals surface area contributed by atoms with Crippen LogP contribution in [0.4, 0.5) is 0 Å². The molecular formula is C14H21ClN2O2S. The van der Waals surface area contributed by atoms with Crippen molar-refractivity contribution in [2.24, 2.45) is 0 Å². The number of hydrogen-bond acceptors (Lipinski definition) is 4. The normalized spacial score (nSPS) is 17.9. The third-order valence-corrected chi connectivity index (χ3v) is 5.05. The van der Waals surface area contributed by atoms with E-state index < -0.39 is 5.60 Å². The number of hydrogen-bond donors (Lipinski definition) is 1. The summed E-state index contributed by atoms with van der Waals surface area (Å²) < 4.78 is 6.37. The van der Waals surface area contributed by atoms with Crippen LogP contribution >= 0.6 is 22.9 Å². The van der Waals surface area contributed by atoms with Gasteiger partial charge in [-0.2, -0.15) is 0 Å². The molecule has 1 N–H and O–H groups in total. The molecule has 1 amide bonds. The van der Waals surface area contributed by atoms with Crippen LogP contribution in [0.3, 0.4) is 0 Å². The molecule has 0 saturated carbocycles. The summed E-state index contributed by atoms with van der Waals surface area (Å²) >= 11 is 7.47. The molecule has 0 bridgehead atoms. The lowest BCUT2D eigenvalue weighted by molar-refractivity contribution is -0.158. The highest BCUT2D eigenvalue weighted by atomic mass is 35.5. The first-order chi connectivity index (χ1) is 9.61. The van der Waals surface area contributed by atoms with Crippen LogP contribution in [0.5, 0.6) is 0 Å². The first-order valence-corrected chi connectivity index (χ1v) is 8.10. The third kappa shape index (κ3) is 3.34. The SMILES string of the molecule is CCN(Cc1ccc(Cl)s1)C(=O)C1(OC)CCNCC1. The monoisotopic (exact) mass is 316 g/mol. The number of carbonyl (C=O) groups excluding carboxylic acids is 1. The number of carbonyl (C=O) groups is 1. The largest absolute Gasteiger partial charge is 0.368 e. The minimum Gasteiger partial charge on any atom is -0.368 e. The molecule has 0 radical (unpaired) electrons. The van der Waals surface area contributed by atoms with Crippen molar-refractivity contribution < 1.29 is 9.53 Å². The summed E-state index contributed by atoms with van der Waals surface area (Å²) in [6.45, 7) is 4.92. The maximum absolute atomic E-state index is 12.8. The van der Waals surface area contributed by atoms with Crippen molar-refractivity contribution in [1.82, 2.24) is 10.2 Å². The summed E-state index contributed by atoms with van der Waals surface area (Å²) in [5.41, 5.74) is -0.664. The maximum Gasteiger partial charge on any atom is 0.255 e. The summed E-state index contributed by atoms with van der Waals surface area (Å²) in [5.74, 6) is 0.0912. The molecule has 1 aliphatic heterocycles. The molecule has 1 saturated heterocycles. The Morgan fingerprint density at radius 3 is 2.70 bits per heavy atom. The average molecular weight is 317 g/mol. The Bertz CT molecular complexity index is 458. The van der Waals surface area contributed by atoms with Gasteiger partial charge in [0.1, 0.15) is 5.60 Å². The van der Waals surface area contributed by atoms with Gasteiger partial charge < -0.3 is 15.0 Å². The Morgan fingerprint density at radius 1 is 1.50 bits per heavy atom. The van der Waals surface area contributed by atoms with Gasteiger partial charge in [0.2, 0.25) is 0 Å². The van der Waals surface area contributed by atoms with Crippen molar-refractivity contribution in [1.29, 1.82) is 0 Å². The minimum atomic E-state index is -0.664. The van der Waals surface area contributed by atoms with Gasteiger partial charge in [-0.05, 0) is 45.0 Å². The number of nitrogens with one attached hydrogen (secondary N) is 1. The Balaban J connectivity index is 2.11. The zero-order valence-corrected chi connectivity index (χ0v) is 13.5. The van der Waals surface area contributed by atoms with E-state index in [-0.39, 0.29) is 5.91 Å². The minimum absolute atomic E-state index is 0.0912. The number of thiophene rings is 1. The van der Waals surface area contributed by atoms with E-state index >= 15 is 0 Å². The van der Waals surface area contributed by atoms with Gasteiger partial charge in [-0.15, -0.1) is 11.3 Å². The van der Waals surface area contributed by atoms with Gasteiger partial charge in [0.25, 0.3) is 5.91 Å². The van der Waals surface area contributed by atoms with Crippen LogP contribution in [0.25, 0.3) is 0 Å². The van der Waals surface area contributed by atoms with Crippen molar-refractivity contribution in [3.05, 3.63) is 21.3 Å². The quantitative estimate of drug-likeness (QED) is 0.907. The highest BCUT2D eigenvalue weighted by Gasteiger charge is 2.42. The number of piperidine rings is 1. The molecule has 112 valence electrons. The number of amides is 1. The number of nitrogens with zero attached hydrogens (tertiary/aromatic N) is 1. The van der Waals surface area contributed by atoms with E-state index in [1.807, 2.05) is 24.0 Å². The number of ether oxygens (including phenoxy) is 1. The Labute approximate surface area is 129 Å². The second-order valence-corrected chi connectivity index (χ2v) is 6.77. The second-order valence-electron chi connectivity index (χ2n) is 4.97. The van der Waals surface area contributed by atoms with E-state index in [1.54, 1.807) is 7.11 Å². The van der Waals surface area contributed by atoms with Crippen molar-refractivity contribution in [3.63, 3.8) is 0 Å². The molecule has 6 heteroatoms. The summed E-state index contributed by atoms with van der Waals surface area (Å²) in [5, 5.41) is 3.27. The molecule has 0 aliphatic carbocycles. The van der Waals surface area contributed by atoms with E-state index in [0.29, 0.717) is 13.1 Å². The fourth-order valence-corrected chi connectivity index (χ4v) is 3.68. The second kappa shape index (κ2) is 6.89. The molecular weight excluding hydrogens is 296 g/mol. The van der Waals surface area contributed by atoms with Crippen molar-refractivity contribution in [2.75, 3.05) is 26.7 Å². The third-order valence-electron chi connectivity index (χ3n) is 3.84. The van der Waals surface area contributed by atoms with Gasteiger partial charge in [-0.25, -0.2) is 0 Å².